The fourth-order valence-electron chi connectivity index (χ4n) is 3.25. The molecule has 0 radical (unpaired) electrons. The Hall–Kier alpha value is -0.960. The Labute approximate surface area is 125 Å². The summed E-state index contributed by atoms with van der Waals surface area (Å²) in [5.74, 6) is 0. The van der Waals surface area contributed by atoms with Crippen LogP contribution in [-0.4, -0.2) is 72.0 Å². The molecular formula is C13H22N4O3S. The summed E-state index contributed by atoms with van der Waals surface area (Å²) in [4.78, 5) is 2.28. The Morgan fingerprint density at radius 1 is 1.43 bits per heavy atom. The van der Waals surface area contributed by atoms with E-state index in [-0.39, 0.29) is 12.1 Å². The molecule has 2 aliphatic rings. The van der Waals surface area contributed by atoms with Crippen LogP contribution >= 0.6 is 0 Å². The van der Waals surface area contributed by atoms with Gasteiger partial charge in [-0.1, -0.05) is 0 Å². The first kappa shape index (κ1) is 15.0. The van der Waals surface area contributed by atoms with E-state index in [1.807, 2.05) is 17.8 Å². The highest BCUT2D eigenvalue weighted by atomic mass is 32.2. The molecule has 21 heavy (non-hydrogen) atoms. The van der Waals surface area contributed by atoms with Gasteiger partial charge in [0.25, 0.3) is 0 Å². The van der Waals surface area contributed by atoms with Crippen molar-refractivity contribution in [2.24, 2.45) is 7.05 Å². The summed E-state index contributed by atoms with van der Waals surface area (Å²) < 4.78 is 33.1. The van der Waals surface area contributed by atoms with Crippen LogP contribution in [0.4, 0.5) is 0 Å². The molecule has 0 unspecified atom stereocenters. The van der Waals surface area contributed by atoms with Crippen LogP contribution < -0.4 is 0 Å². The fraction of sp³-hybridized carbons (Fsp3) is 0.769. The maximum Gasteiger partial charge on any atom is 0.211 e. The number of rotatable bonds is 3. The van der Waals surface area contributed by atoms with Gasteiger partial charge in [0.1, 0.15) is 0 Å². The summed E-state index contributed by atoms with van der Waals surface area (Å²) in [6.07, 6.45) is 3.97. The van der Waals surface area contributed by atoms with Gasteiger partial charge in [0.2, 0.25) is 10.0 Å². The molecule has 0 bridgehead atoms. The SMILES string of the molecule is Cn1nccc1CN1CC[C@@H]2OCCN(S(C)(=O)=O)[C@@H]2C1. The molecule has 8 heteroatoms. The molecule has 0 saturated carbocycles. The van der Waals surface area contributed by atoms with Gasteiger partial charge >= 0.3 is 0 Å². The molecule has 0 amide bonds. The standard InChI is InChI=1S/C13H22N4O3S/c1-15-11(3-5-14-15)9-16-6-4-13-12(10-16)17(7-8-20-13)21(2,18)19/h3,5,12-13H,4,6-10H2,1-2H3/t12-,13+/m1/s1. The van der Waals surface area contributed by atoms with Crippen molar-refractivity contribution >= 4 is 10.0 Å². The summed E-state index contributed by atoms with van der Waals surface area (Å²) in [7, 11) is -1.26. The van der Waals surface area contributed by atoms with Crippen LogP contribution in [0.5, 0.6) is 0 Å². The third-order valence-corrected chi connectivity index (χ3v) is 5.66. The zero-order valence-corrected chi connectivity index (χ0v) is 13.3. The van der Waals surface area contributed by atoms with Crippen LogP contribution in [0.15, 0.2) is 12.3 Å². The molecule has 1 aromatic heterocycles. The van der Waals surface area contributed by atoms with Gasteiger partial charge in [-0.2, -0.15) is 9.40 Å². The number of aryl methyl sites for hydroxylation is 1. The molecule has 0 N–H and O–H groups in total. The predicted molar refractivity (Wildman–Crippen MR) is 78.2 cm³/mol. The third kappa shape index (κ3) is 3.13. The molecule has 0 aliphatic carbocycles. The second-order valence-corrected chi connectivity index (χ2v) is 7.76. The van der Waals surface area contributed by atoms with Gasteiger partial charge in [-0.15, -0.1) is 0 Å². The minimum Gasteiger partial charge on any atom is -0.375 e. The highest BCUT2D eigenvalue weighted by Gasteiger charge is 2.40. The van der Waals surface area contributed by atoms with E-state index in [4.69, 9.17) is 4.74 Å². The molecule has 0 spiro atoms. The summed E-state index contributed by atoms with van der Waals surface area (Å²) >= 11 is 0. The molecule has 118 valence electrons. The van der Waals surface area contributed by atoms with Gasteiger partial charge in [-0.05, 0) is 12.5 Å². The topological polar surface area (TPSA) is 67.7 Å². The van der Waals surface area contributed by atoms with Gasteiger partial charge in [0, 0.05) is 39.4 Å². The number of hydrogen-bond donors (Lipinski definition) is 0. The Morgan fingerprint density at radius 3 is 2.90 bits per heavy atom. The quantitative estimate of drug-likeness (QED) is 0.763. The molecule has 2 fully saturated rings. The van der Waals surface area contributed by atoms with Crippen LogP contribution in [0.1, 0.15) is 12.1 Å². The number of morpholine rings is 1. The molecule has 3 rings (SSSR count). The van der Waals surface area contributed by atoms with Gasteiger partial charge in [-0.25, -0.2) is 8.42 Å². The lowest BCUT2D eigenvalue weighted by Crippen LogP contribution is -2.60. The average Bonchev–Trinajstić information content (AvgIpc) is 2.82. The first-order chi connectivity index (χ1) is 9.95. The van der Waals surface area contributed by atoms with E-state index in [1.54, 1.807) is 10.5 Å². The lowest BCUT2D eigenvalue weighted by molar-refractivity contribution is -0.0770. The molecule has 7 nitrogen and oxygen atoms in total. The smallest absolute Gasteiger partial charge is 0.211 e. The van der Waals surface area contributed by atoms with E-state index in [0.29, 0.717) is 19.7 Å². The van der Waals surface area contributed by atoms with E-state index in [0.717, 1.165) is 25.2 Å². The lowest BCUT2D eigenvalue weighted by atomic mass is 10.0. The second kappa shape index (κ2) is 5.68. The van der Waals surface area contributed by atoms with Crippen molar-refractivity contribution in [3.63, 3.8) is 0 Å². The third-order valence-electron chi connectivity index (χ3n) is 4.35. The molecule has 2 aliphatic heterocycles. The van der Waals surface area contributed by atoms with Gasteiger partial charge in [0.15, 0.2) is 0 Å². The van der Waals surface area contributed by atoms with Gasteiger partial charge in [0.05, 0.1) is 30.7 Å². The number of fused-ring (bicyclic) bond motifs is 1. The van der Waals surface area contributed by atoms with Crippen molar-refractivity contribution in [1.29, 1.82) is 0 Å². The van der Waals surface area contributed by atoms with Crippen molar-refractivity contribution in [3.8, 4) is 0 Å². The monoisotopic (exact) mass is 314 g/mol. The number of piperidine rings is 1. The van der Waals surface area contributed by atoms with E-state index < -0.39 is 10.0 Å². The Kier molecular flexibility index (Phi) is 4.04. The first-order valence-electron chi connectivity index (χ1n) is 7.23. The van der Waals surface area contributed by atoms with Gasteiger partial charge < -0.3 is 4.74 Å². The Balaban J connectivity index is 1.73. The van der Waals surface area contributed by atoms with E-state index >= 15 is 0 Å². The van der Waals surface area contributed by atoms with Crippen LogP contribution in [0.2, 0.25) is 0 Å². The van der Waals surface area contributed by atoms with Crippen LogP contribution in [0.3, 0.4) is 0 Å². The molecular weight excluding hydrogens is 292 g/mol. The van der Waals surface area contributed by atoms with Crippen LogP contribution in [0.25, 0.3) is 0 Å². The molecule has 3 heterocycles. The molecule has 2 saturated heterocycles. The highest BCUT2D eigenvalue weighted by Crippen LogP contribution is 2.25. The minimum absolute atomic E-state index is 0.0243. The van der Waals surface area contributed by atoms with E-state index in [1.165, 1.54) is 6.26 Å². The Bertz CT molecular complexity index is 600. The van der Waals surface area contributed by atoms with Crippen molar-refractivity contribution in [2.45, 2.75) is 25.1 Å². The van der Waals surface area contributed by atoms with Crippen molar-refractivity contribution in [2.75, 3.05) is 32.5 Å². The van der Waals surface area contributed by atoms with Crippen molar-refractivity contribution < 1.29 is 13.2 Å². The zero-order valence-electron chi connectivity index (χ0n) is 12.5. The summed E-state index contributed by atoms with van der Waals surface area (Å²) in [5.41, 5.74) is 1.14. The van der Waals surface area contributed by atoms with Crippen LogP contribution in [0, 0.1) is 0 Å². The zero-order chi connectivity index (χ0) is 15.0. The number of ether oxygens (including phenoxy) is 1. The fourth-order valence-corrected chi connectivity index (χ4v) is 4.35. The van der Waals surface area contributed by atoms with E-state index in [2.05, 4.69) is 10.00 Å². The first-order valence-corrected chi connectivity index (χ1v) is 9.07. The Morgan fingerprint density at radius 2 is 2.24 bits per heavy atom. The average molecular weight is 314 g/mol. The van der Waals surface area contributed by atoms with Crippen molar-refractivity contribution in [3.05, 3.63) is 18.0 Å². The molecule has 0 aromatic carbocycles. The predicted octanol–water partition coefficient (Wildman–Crippen LogP) is -0.345. The van der Waals surface area contributed by atoms with E-state index in [9.17, 15) is 8.42 Å². The largest absolute Gasteiger partial charge is 0.375 e. The summed E-state index contributed by atoms with van der Waals surface area (Å²) in [5, 5.41) is 4.18. The van der Waals surface area contributed by atoms with Gasteiger partial charge in [-0.3, -0.25) is 9.58 Å². The minimum atomic E-state index is -3.18. The molecule has 2 atom stereocenters. The number of nitrogens with zero attached hydrogens (tertiary/aromatic N) is 4. The summed E-state index contributed by atoms with van der Waals surface area (Å²) in [6.45, 7) is 3.37. The normalized spacial score (nSPS) is 28.5. The maximum atomic E-state index is 12.0. The number of aromatic nitrogens is 2. The lowest BCUT2D eigenvalue weighted by Gasteiger charge is -2.45. The van der Waals surface area contributed by atoms with Crippen LogP contribution in [-0.2, 0) is 28.4 Å². The van der Waals surface area contributed by atoms with Crippen molar-refractivity contribution in [1.82, 2.24) is 19.0 Å². The molecule has 1 aromatic rings. The maximum absolute atomic E-state index is 12.0. The second-order valence-electron chi connectivity index (χ2n) is 5.82. The number of sulfonamides is 1. The highest BCUT2D eigenvalue weighted by molar-refractivity contribution is 7.88. The number of hydrogen-bond acceptors (Lipinski definition) is 5. The number of likely N-dealkylation sites (tertiary alicyclic amines) is 1. The summed E-state index contributed by atoms with van der Waals surface area (Å²) in [6, 6.07) is 1.92.